The fraction of sp³-hybridized carbons (Fsp3) is 0.357. The number of aryl methyl sites for hydroxylation is 1. The van der Waals surface area contributed by atoms with Crippen LogP contribution in [0, 0.1) is 0 Å². The molecular weight excluding hydrogens is 254 g/mol. The van der Waals surface area contributed by atoms with Gasteiger partial charge in [0.1, 0.15) is 12.2 Å². The first-order valence-electron chi connectivity index (χ1n) is 6.50. The molecule has 0 saturated carbocycles. The van der Waals surface area contributed by atoms with Gasteiger partial charge in [-0.1, -0.05) is 12.1 Å². The molecule has 1 unspecified atom stereocenters. The largest absolute Gasteiger partial charge is 0.326 e. The Labute approximate surface area is 118 Å². The number of benzene rings is 1. The summed E-state index contributed by atoms with van der Waals surface area (Å²) in [5.41, 5.74) is 1.95. The van der Waals surface area contributed by atoms with E-state index in [0.29, 0.717) is 0 Å². The van der Waals surface area contributed by atoms with Crippen molar-refractivity contribution in [1.82, 2.24) is 20.1 Å². The van der Waals surface area contributed by atoms with E-state index < -0.39 is 0 Å². The topological polar surface area (TPSA) is 71.8 Å². The lowest BCUT2D eigenvalue weighted by Crippen LogP contribution is -2.21. The molecule has 0 aliphatic carbocycles. The maximum Gasteiger partial charge on any atom is 0.221 e. The monoisotopic (exact) mass is 273 g/mol. The van der Waals surface area contributed by atoms with Crippen LogP contribution in [0.2, 0.25) is 0 Å². The van der Waals surface area contributed by atoms with Gasteiger partial charge in [0.15, 0.2) is 0 Å². The van der Waals surface area contributed by atoms with Gasteiger partial charge in [-0.05, 0) is 24.6 Å². The van der Waals surface area contributed by atoms with E-state index >= 15 is 0 Å². The molecule has 0 spiro atoms. The minimum Gasteiger partial charge on any atom is -0.326 e. The average Bonchev–Trinajstić information content (AvgIpc) is 2.83. The number of carbonyl (C=O) groups excluding carboxylic acids is 1. The number of nitrogens with zero attached hydrogens (tertiary/aromatic N) is 3. The highest BCUT2D eigenvalue weighted by Gasteiger charge is 2.10. The van der Waals surface area contributed by atoms with Crippen LogP contribution in [0.25, 0.3) is 0 Å². The van der Waals surface area contributed by atoms with Crippen molar-refractivity contribution in [3.63, 3.8) is 0 Å². The molecule has 106 valence electrons. The Kier molecular flexibility index (Phi) is 4.47. The van der Waals surface area contributed by atoms with Gasteiger partial charge in [0.25, 0.3) is 0 Å². The van der Waals surface area contributed by atoms with Crippen LogP contribution in [0.5, 0.6) is 0 Å². The third-order valence-electron chi connectivity index (χ3n) is 3.02. The zero-order valence-electron chi connectivity index (χ0n) is 11.9. The van der Waals surface area contributed by atoms with Crippen LogP contribution >= 0.6 is 0 Å². The summed E-state index contributed by atoms with van der Waals surface area (Å²) >= 11 is 0. The summed E-state index contributed by atoms with van der Waals surface area (Å²) in [5.74, 6) is 0.839. The molecular formula is C14H19N5O. The second kappa shape index (κ2) is 6.29. The number of anilines is 1. The maximum atomic E-state index is 10.9. The molecule has 6 nitrogen and oxygen atoms in total. The molecule has 2 N–H and O–H groups in total. The predicted octanol–water partition coefficient (Wildman–Crippen LogP) is 1.62. The molecule has 1 atom stereocenters. The Morgan fingerprint density at radius 3 is 2.60 bits per heavy atom. The van der Waals surface area contributed by atoms with E-state index in [1.807, 2.05) is 35.9 Å². The SMILES string of the molecule is CC(=O)Nc1ccc(CNC(C)c2nncn2C)cc1. The lowest BCUT2D eigenvalue weighted by molar-refractivity contribution is -0.114. The van der Waals surface area contributed by atoms with Crippen molar-refractivity contribution in [2.24, 2.45) is 7.05 Å². The summed E-state index contributed by atoms with van der Waals surface area (Å²) in [7, 11) is 1.93. The fourth-order valence-corrected chi connectivity index (χ4v) is 1.96. The van der Waals surface area contributed by atoms with E-state index in [4.69, 9.17) is 0 Å². The molecule has 6 heteroatoms. The summed E-state index contributed by atoms with van der Waals surface area (Å²) in [6.07, 6.45) is 1.69. The number of hydrogen-bond donors (Lipinski definition) is 2. The number of hydrogen-bond acceptors (Lipinski definition) is 4. The average molecular weight is 273 g/mol. The molecule has 0 bridgehead atoms. The molecule has 0 aliphatic rings. The lowest BCUT2D eigenvalue weighted by Gasteiger charge is -2.13. The first kappa shape index (κ1) is 14.2. The van der Waals surface area contributed by atoms with Gasteiger partial charge in [-0.3, -0.25) is 4.79 Å². The molecule has 1 heterocycles. The standard InChI is InChI=1S/C14H19N5O/c1-10(14-18-16-9-19(14)3)15-8-12-4-6-13(7-5-12)17-11(2)20/h4-7,9-10,15H,8H2,1-3H3,(H,17,20). The molecule has 1 aromatic heterocycles. The summed E-state index contributed by atoms with van der Waals surface area (Å²) in [6.45, 7) is 4.28. The Hall–Kier alpha value is -2.21. The summed E-state index contributed by atoms with van der Waals surface area (Å²) < 4.78 is 1.90. The van der Waals surface area contributed by atoms with Gasteiger partial charge < -0.3 is 15.2 Å². The quantitative estimate of drug-likeness (QED) is 0.868. The van der Waals surface area contributed by atoms with E-state index in [-0.39, 0.29) is 11.9 Å². The van der Waals surface area contributed by atoms with E-state index in [2.05, 4.69) is 27.8 Å². The Bertz CT molecular complexity index is 576. The number of amides is 1. The van der Waals surface area contributed by atoms with Crippen molar-refractivity contribution >= 4 is 11.6 Å². The van der Waals surface area contributed by atoms with Crippen LogP contribution in [-0.2, 0) is 18.4 Å². The fourth-order valence-electron chi connectivity index (χ4n) is 1.96. The van der Waals surface area contributed by atoms with Crippen LogP contribution in [0.1, 0.15) is 31.3 Å². The van der Waals surface area contributed by atoms with Crippen molar-refractivity contribution in [1.29, 1.82) is 0 Å². The molecule has 0 aliphatic heterocycles. The zero-order chi connectivity index (χ0) is 14.5. The number of nitrogens with one attached hydrogen (secondary N) is 2. The van der Waals surface area contributed by atoms with E-state index in [0.717, 1.165) is 23.6 Å². The van der Waals surface area contributed by atoms with Crippen molar-refractivity contribution < 1.29 is 4.79 Å². The second-order valence-electron chi connectivity index (χ2n) is 4.78. The van der Waals surface area contributed by atoms with Crippen LogP contribution in [0.15, 0.2) is 30.6 Å². The van der Waals surface area contributed by atoms with Crippen molar-refractivity contribution in [2.75, 3.05) is 5.32 Å². The summed E-state index contributed by atoms with van der Waals surface area (Å²) in [6, 6.07) is 7.89. The molecule has 20 heavy (non-hydrogen) atoms. The molecule has 0 fully saturated rings. The Balaban J connectivity index is 1.91. The first-order chi connectivity index (χ1) is 9.56. The van der Waals surface area contributed by atoms with Crippen molar-refractivity contribution in [3.8, 4) is 0 Å². The smallest absolute Gasteiger partial charge is 0.221 e. The normalized spacial score (nSPS) is 12.2. The Morgan fingerprint density at radius 1 is 1.35 bits per heavy atom. The summed E-state index contributed by atoms with van der Waals surface area (Å²) in [5, 5.41) is 14.1. The van der Waals surface area contributed by atoms with Gasteiger partial charge in [-0.15, -0.1) is 10.2 Å². The molecule has 1 amide bonds. The van der Waals surface area contributed by atoms with Gasteiger partial charge in [0, 0.05) is 26.2 Å². The minimum atomic E-state index is -0.0632. The van der Waals surface area contributed by atoms with Crippen molar-refractivity contribution in [3.05, 3.63) is 42.0 Å². The molecule has 1 aromatic carbocycles. The van der Waals surface area contributed by atoms with Gasteiger partial charge in [0.2, 0.25) is 5.91 Å². The molecule has 2 rings (SSSR count). The van der Waals surface area contributed by atoms with E-state index in [1.165, 1.54) is 6.92 Å². The van der Waals surface area contributed by atoms with Crippen LogP contribution < -0.4 is 10.6 Å². The van der Waals surface area contributed by atoms with Gasteiger partial charge >= 0.3 is 0 Å². The highest BCUT2D eigenvalue weighted by Crippen LogP contribution is 2.12. The molecule has 0 radical (unpaired) electrons. The lowest BCUT2D eigenvalue weighted by atomic mass is 10.2. The minimum absolute atomic E-state index is 0.0632. The number of rotatable bonds is 5. The van der Waals surface area contributed by atoms with Crippen LogP contribution in [0.4, 0.5) is 5.69 Å². The Morgan fingerprint density at radius 2 is 2.05 bits per heavy atom. The maximum absolute atomic E-state index is 10.9. The highest BCUT2D eigenvalue weighted by atomic mass is 16.1. The third-order valence-corrected chi connectivity index (χ3v) is 3.02. The zero-order valence-corrected chi connectivity index (χ0v) is 11.9. The van der Waals surface area contributed by atoms with Gasteiger partial charge in [-0.25, -0.2) is 0 Å². The number of aromatic nitrogens is 3. The van der Waals surface area contributed by atoms with Crippen LogP contribution in [-0.4, -0.2) is 20.7 Å². The predicted molar refractivity (Wildman–Crippen MR) is 77.0 cm³/mol. The van der Waals surface area contributed by atoms with Gasteiger partial charge in [0.05, 0.1) is 6.04 Å². The first-order valence-corrected chi connectivity index (χ1v) is 6.50. The van der Waals surface area contributed by atoms with E-state index in [9.17, 15) is 4.79 Å². The molecule has 2 aromatic rings. The number of carbonyl (C=O) groups is 1. The van der Waals surface area contributed by atoms with E-state index in [1.54, 1.807) is 6.33 Å². The highest BCUT2D eigenvalue weighted by molar-refractivity contribution is 5.88. The second-order valence-corrected chi connectivity index (χ2v) is 4.78. The summed E-state index contributed by atoms with van der Waals surface area (Å²) in [4.78, 5) is 10.9. The van der Waals surface area contributed by atoms with Crippen molar-refractivity contribution in [2.45, 2.75) is 26.4 Å². The van der Waals surface area contributed by atoms with Gasteiger partial charge in [-0.2, -0.15) is 0 Å². The third kappa shape index (κ3) is 3.64. The molecule has 0 saturated heterocycles. The van der Waals surface area contributed by atoms with Crippen LogP contribution in [0.3, 0.4) is 0 Å².